The maximum Gasteiger partial charge on any atom is 0.220 e. The fraction of sp³-hybridized carbons (Fsp3) is 0.474. The van der Waals surface area contributed by atoms with Gasteiger partial charge in [-0.15, -0.1) is 0 Å². The van der Waals surface area contributed by atoms with E-state index < -0.39 is 0 Å². The van der Waals surface area contributed by atoms with Gasteiger partial charge in [0.05, 0.1) is 12.3 Å². The average Bonchev–Trinajstić information content (AvgIpc) is 3.43. The highest BCUT2D eigenvalue weighted by molar-refractivity contribution is 5.34. The van der Waals surface area contributed by atoms with Crippen LogP contribution in [0.15, 0.2) is 24.3 Å². The fourth-order valence-electron chi connectivity index (χ4n) is 3.13. The zero-order chi connectivity index (χ0) is 16.4. The summed E-state index contributed by atoms with van der Waals surface area (Å²) in [7, 11) is 0. The van der Waals surface area contributed by atoms with Crippen LogP contribution in [0.1, 0.15) is 41.4 Å². The predicted molar refractivity (Wildman–Crippen MR) is 89.9 cm³/mol. The van der Waals surface area contributed by atoms with E-state index in [0.29, 0.717) is 30.4 Å². The molecule has 4 rings (SSSR count). The van der Waals surface area contributed by atoms with Crippen LogP contribution >= 0.6 is 0 Å². The Labute approximate surface area is 141 Å². The molecule has 2 aliphatic rings. The van der Waals surface area contributed by atoms with Gasteiger partial charge < -0.3 is 10.1 Å². The lowest BCUT2D eigenvalue weighted by molar-refractivity contribution is 0.301. The average molecular weight is 327 g/mol. The number of ether oxygens (including phenoxy) is 1. The van der Waals surface area contributed by atoms with Gasteiger partial charge in [-0.05, 0) is 37.4 Å². The number of hydrogen-bond donors (Lipinski definition) is 1. The van der Waals surface area contributed by atoms with Gasteiger partial charge in [-0.25, -0.2) is 9.37 Å². The van der Waals surface area contributed by atoms with Gasteiger partial charge in [0.25, 0.3) is 0 Å². The molecule has 24 heavy (non-hydrogen) atoms. The van der Waals surface area contributed by atoms with Crippen molar-refractivity contribution in [1.82, 2.24) is 15.3 Å². The normalized spacial score (nSPS) is 17.2. The molecule has 1 saturated carbocycles. The zero-order valence-corrected chi connectivity index (χ0v) is 13.7. The summed E-state index contributed by atoms with van der Waals surface area (Å²) in [6.45, 7) is 2.30. The monoisotopic (exact) mass is 327 g/mol. The molecule has 126 valence electrons. The summed E-state index contributed by atoms with van der Waals surface area (Å²) in [4.78, 5) is 9.47. The van der Waals surface area contributed by atoms with Crippen molar-refractivity contribution in [2.45, 2.75) is 38.0 Å². The highest BCUT2D eigenvalue weighted by atomic mass is 19.1. The number of fused-ring (bicyclic) bond motifs is 1. The molecular formula is C19H22FN3O. The minimum atomic E-state index is -0.175. The second-order valence-corrected chi connectivity index (χ2v) is 6.53. The van der Waals surface area contributed by atoms with E-state index in [1.54, 1.807) is 12.1 Å². The summed E-state index contributed by atoms with van der Waals surface area (Å²) in [5.41, 5.74) is 2.93. The number of halogens is 1. The molecule has 2 aromatic rings. The van der Waals surface area contributed by atoms with Crippen LogP contribution in [0, 0.1) is 5.82 Å². The van der Waals surface area contributed by atoms with E-state index >= 15 is 0 Å². The summed E-state index contributed by atoms with van der Waals surface area (Å²) in [5.74, 6) is 1.96. The van der Waals surface area contributed by atoms with E-state index in [1.807, 2.05) is 6.07 Å². The first-order valence-corrected chi connectivity index (χ1v) is 8.78. The fourth-order valence-corrected chi connectivity index (χ4v) is 3.13. The summed E-state index contributed by atoms with van der Waals surface area (Å²) in [6.07, 6.45) is 4.69. The highest BCUT2D eigenvalue weighted by Crippen LogP contribution is 2.39. The van der Waals surface area contributed by atoms with Gasteiger partial charge in [0.1, 0.15) is 11.6 Å². The van der Waals surface area contributed by atoms with Gasteiger partial charge in [0.2, 0.25) is 5.88 Å². The lowest BCUT2D eigenvalue weighted by atomic mass is 10.1. The third-order valence-corrected chi connectivity index (χ3v) is 4.67. The molecule has 1 aliphatic heterocycles. The van der Waals surface area contributed by atoms with Gasteiger partial charge >= 0.3 is 0 Å². The first-order valence-electron chi connectivity index (χ1n) is 8.78. The van der Waals surface area contributed by atoms with E-state index in [-0.39, 0.29) is 5.82 Å². The van der Waals surface area contributed by atoms with Crippen molar-refractivity contribution in [2.75, 3.05) is 19.7 Å². The molecule has 0 unspecified atom stereocenters. The Bertz CT molecular complexity index is 731. The quantitative estimate of drug-likeness (QED) is 0.917. The molecule has 0 radical (unpaired) electrons. The Kier molecular flexibility index (Phi) is 4.43. The van der Waals surface area contributed by atoms with Crippen LogP contribution in [0.25, 0.3) is 0 Å². The lowest BCUT2D eigenvalue weighted by Gasteiger charge is -2.14. The van der Waals surface area contributed by atoms with Gasteiger partial charge in [-0.1, -0.05) is 18.2 Å². The van der Waals surface area contributed by atoms with Gasteiger partial charge in [0, 0.05) is 30.9 Å². The van der Waals surface area contributed by atoms with Crippen LogP contribution in [-0.2, 0) is 19.3 Å². The van der Waals surface area contributed by atoms with Crippen LogP contribution in [0.4, 0.5) is 4.39 Å². The number of hydrogen-bond acceptors (Lipinski definition) is 4. The van der Waals surface area contributed by atoms with E-state index in [9.17, 15) is 4.39 Å². The molecule has 1 N–H and O–H groups in total. The Morgan fingerprint density at radius 1 is 1.12 bits per heavy atom. The van der Waals surface area contributed by atoms with Crippen LogP contribution in [0.5, 0.6) is 5.88 Å². The molecule has 0 saturated heterocycles. The van der Waals surface area contributed by atoms with Crippen LogP contribution < -0.4 is 10.1 Å². The van der Waals surface area contributed by atoms with Gasteiger partial charge in [-0.3, -0.25) is 0 Å². The molecular weight excluding hydrogens is 305 g/mol. The molecule has 0 spiro atoms. The number of benzene rings is 1. The molecule has 2 heterocycles. The number of nitrogens with one attached hydrogen (secondary N) is 1. The lowest BCUT2D eigenvalue weighted by Crippen LogP contribution is -2.16. The summed E-state index contributed by atoms with van der Waals surface area (Å²) >= 11 is 0. The maximum absolute atomic E-state index is 13.7. The van der Waals surface area contributed by atoms with E-state index in [1.165, 1.54) is 18.9 Å². The molecule has 1 aromatic heterocycles. The highest BCUT2D eigenvalue weighted by Gasteiger charge is 2.29. The molecule has 1 aliphatic carbocycles. The zero-order valence-electron chi connectivity index (χ0n) is 13.7. The minimum Gasteiger partial charge on any atom is -0.477 e. The largest absolute Gasteiger partial charge is 0.477 e. The van der Waals surface area contributed by atoms with Crippen molar-refractivity contribution in [1.29, 1.82) is 0 Å². The van der Waals surface area contributed by atoms with E-state index in [4.69, 9.17) is 9.72 Å². The second kappa shape index (κ2) is 6.85. The van der Waals surface area contributed by atoms with Crippen molar-refractivity contribution in [3.63, 3.8) is 0 Å². The van der Waals surface area contributed by atoms with Crippen molar-refractivity contribution in [3.8, 4) is 5.88 Å². The topological polar surface area (TPSA) is 47.0 Å². The van der Waals surface area contributed by atoms with E-state index in [0.717, 1.165) is 43.0 Å². The Morgan fingerprint density at radius 2 is 1.96 bits per heavy atom. The Balaban J connectivity index is 1.53. The van der Waals surface area contributed by atoms with Gasteiger partial charge in [-0.2, -0.15) is 4.98 Å². The Hall–Kier alpha value is -2.01. The summed E-state index contributed by atoms with van der Waals surface area (Å²) in [5, 5.41) is 3.40. The number of rotatable bonds is 5. The molecule has 5 heteroatoms. The predicted octanol–water partition coefficient (Wildman–Crippen LogP) is 2.80. The third-order valence-electron chi connectivity index (χ3n) is 4.67. The second-order valence-electron chi connectivity index (χ2n) is 6.53. The van der Waals surface area contributed by atoms with Crippen molar-refractivity contribution < 1.29 is 9.13 Å². The number of aromatic nitrogens is 2. The maximum atomic E-state index is 13.7. The van der Waals surface area contributed by atoms with Crippen molar-refractivity contribution >= 4 is 0 Å². The standard InChI is InChI=1S/C19H22FN3O/c20-16-4-2-1-3-13(16)9-12-24-19-15-7-10-21-11-8-17(15)22-18(23-19)14-5-6-14/h1-4,14,21H,5-12H2. The van der Waals surface area contributed by atoms with Crippen molar-refractivity contribution in [2.24, 2.45) is 0 Å². The first kappa shape index (κ1) is 15.5. The summed E-state index contributed by atoms with van der Waals surface area (Å²) < 4.78 is 19.7. The third kappa shape index (κ3) is 3.41. The Morgan fingerprint density at radius 3 is 2.79 bits per heavy atom. The number of nitrogens with zero attached hydrogens (tertiary/aromatic N) is 2. The molecule has 0 bridgehead atoms. The molecule has 1 fully saturated rings. The molecule has 0 atom stereocenters. The van der Waals surface area contributed by atoms with Gasteiger partial charge in [0.15, 0.2) is 0 Å². The van der Waals surface area contributed by atoms with Crippen LogP contribution in [0.2, 0.25) is 0 Å². The molecule has 0 amide bonds. The smallest absolute Gasteiger partial charge is 0.220 e. The van der Waals surface area contributed by atoms with E-state index in [2.05, 4.69) is 10.3 Å². The molecule has 1 aromatic carbocycles. The minimum absolute atomic E-state index is 0.175. The van der Waals surface area contributed by atoms with Crippen LogP contribution in [-0.4, -0.2) is 29.7 Å². The molecule has 4 nitrogen and oxygen atoms in total. The van der Waals surface area contributed by atoms with Crippen molar-refractivity contribution in [3.05, 3.63) is 52.7 Å². The first-order chi connectivity index (χ1) is 11.8. The van der Waals surface area contributed by atoms with Crippen LogP contribution in [0.3, 0.4) is 0 Å². The summed E-state index contributed by atoms with van der Waals surface area (Å²) in [6, 6.07) is 6.85. The SMILES string of the molecule is Fc1ccccc1CCOc1nc(C2CC2)nc2c1CCNCC2.